The Bertz CT molecular complexity index is 233. The summed E-state index contributed by atoms with van der Waals surface area (Å²) in [6.45, 7) is 0.739. The minimum atomic E-state index is -0.237. The van der Waals surface area contributed by atoms with E-state index in [1.807, 2.05) is 0 Å². The summed E-state index contributed by atoms with van der Waals surface area (Å²) < 4.78 is 5.38. The first-order chi connectivity index (χ1) is 8.34. The zero-order valence-electron chi connectivity index (χ0n) is 10.5. The summed E-state index contributed by atoms with van der Waals surface area (Å²) in [7, 11) is 0. The van der Waals surface area contributed by atoms with Crippen LogP contribution in [-0.4, -0.2) is 18.8 Å². The monoisotopic (exact) mass is 241 g/mol. The summed E-state index contributed by atoms with van der Waals surface area (Å²) in [4.78, 5) is 16.9. The lowest BCUT2D eigenvalue weighted by atomic mass is 9.87. The number of amides is 1. The summed E-state index contributed by atoms with van der Waals surface area (Å²) in [6, 6.07) is 0. The van der Waals surface area contributed by atoms with E-state index in [0.29, 0.717) is 12.3 Å². The molecule has 1 heterocycles. The SMILES string of the molecule is O=C(CC1CCCCC1)NOC1CCCCO1. The topological polar surface area (TPSA) is 47.6 Å². The lowest BCUT2D eigenvalue weighted by Gasteiger charge is -2.24. The molecule has 17 heavy (non-hydrogen) atoms. The van der Waals surface area contributed by atoms with Crippen LogP contribution in [0.1, 0.15) is 57.8 Å². The molecule has 1 atom stereocenters. The van der Waals surface area contributed by atoms with E-state index in [1.54, 1.807) is 0 Å². The number of hydroxylamine groups is 1. The van der Waals surface area contributed by atoms with Gasteiger partial charge in [0.25, 0.3) is 0 Å². The fourth-order valence-corrected chi connectivity index (χ4v) is 2.63. The van der Waals surface area contributed by atoms with Gasteiger partial charge in [0, 0.05) is 19.4 Å². The number of carbonyl (C=O) groups is 1. The third kappa shape index (κ3) is 4.64. The number of rotatable bonds is 4. The van der Waals surface area contributed by atoms with Crippen molar-refractivity contribution in [1.82, 2.24) is 5.48 Å². The van der Waals surface area contributed by atoms with Gasteiger partial charge in [-0.1, -0.05) is 19.3 Å². The molecule has 0 aromatic rings. The molecule has 0 aromatic carbocycles. The fraction of sp³-hybridized carbons (Fsp3) is 0.923. The highest BCUT2D eigenvalue weighted by Gasteiger charge is 2.19. The second-order valence-corrected chi connectivity index (χ2v) is 5.15. The first-order valence-corrected chi connectivity index (χ1v) is 6.90. The van der Waals surface area contributed by atoms with E-state index in [1.165, 1.54) is 32.1 Å². The normalized spacial score (nSPS) is 26.7. The van der Waals surface area contributed by atoms with Gasteiger partial charge in [-0.15, -0.1) is 0 Å². The Hall–Kier alpha value is -0.610. The second-order valence-electron chi connectivity index (χ2n) is 5.15. The molecule has 98 valence electrons. The van der Waals surface area contributed by atoms with Crippen LogP contribution in [0.3, 0.4) is 0 Å². The maximum absolute atomic E-state index is 11.7. The van der Waals surface area contributed by atoms with Crippen molar-refractivity contribution >= 4 is 5.91 Å². The van der Waals surface area contributed by atoms with Crippen LogP contribution in [0.25, 0.3) is 0 Å². The number of hydrogen-bond acceptors (Lipinski definition) is 3. The molecule has 4 nitrogen and oxygen atoms in total. The van der Waals surface area contributed by atoms with Gasteiger partial charge in [0.2, 0.25) is 5.91 Å². The Labute approximate surface area is 103 Å². The number of hydrogen-bond donors (Lipinski definition) is 1. The van der Waals surface area contributed by atoms with E-state index in [4.69, 9.17) is 9.57 Å². The molecule has 1 N–H and O–H groups in total. The highest BCUT2D eigenvalue weighted by molar-refractivity contribution is 5.75. The number of carbonyl (C=O) groups excluding carboxylic acids is 1. The highest BCUT2D eigenvalue weighted by atomic mass is 16.8. The number of ether oxygens (including phenoxy) is 1. The van der Waals surface area contributed by atoms with Gasteiger partial charge in [-0.05, 0) is 31.6 Å². The standard InChI is InChI=1S/C13H23NO3/c15-12(10-11-6-2-1-3-7-11)14-17-13-8-4-5-9-16-13/h11,13H,1-10H2,(H,14,15). The largest absolute Gasteiger partial charge is 0.350 e. The van der Waals surface area contributed by atoms with E-state index in [9.17, 15) is 4.79 Å². The van der Waals surface area contributed by atoms with Crippen LogP contribution >= 0.6 is 0 Å². The smallest absolute Gasteiger partial charge is 0.243 e. The first kappa shape index (κ1) is 12.8. The molecule has 1 saturated carbocycles. The van der Waals surface area contributed by atoms with Gasteiger partial charge in [0.1, 0.15) is 0 Å². The zero-order valence-corrected chi connectivity index (χ0v) is 10.5. The molecule has 0 spiro atoms. The van der Waals surface area contributed by atoms with E-state index < -0.39 is 0 Å². The summed E-state index contributed by atoms with van der Waals surface area (Å²) in [6.07, 6.45) is 9.69. The third-order valence-corrected chi connectivity index (χ3v) is 3.64. The van der Waals surface area contributed by atoms with Crippen molar-refractivity contribution in [1.29, 1.82) is 0 Å². The Morgan fingerprint density at radius 3 is 2.59 bits per heavy atom. The molecule has 0 aromatic heterocycles. The minimum Gasteiger partial charge on any atom is -0.350 e. The Morgan fingerprint density at radius 1 is 1.12 bits per heavy atom. The fourth-order valence-electron chi connectivity index (χ4n) is 2.63. The van der Waals surface area contributed by atoms with E-state index >= 15 is 0 Å². The molecule has 1 aliphatic heterocycles. The first-order valence-electron chi connectivity index (χ1n) is 6.90. The predicted octanol–water partition coefficient (Wildman–Crippen LogP) is 2.53. The van der Waals surface area contributed by atoms with Crippen LogP contribution in [0, 0.1) is 5.92 Å². The molecule has 2 rings (SSSR count). The summed E-state index contributed by atoms with van der Waals surface area (Å²) >= 11 is 0. The Morgan fingerprint density at radius 2 is 1.88 bits per heavy atom. The molecule has 2 aliphatic rings. The zero-order chi connectivity index (χ0) is 11.9. The van der Waals surface area contributed by atoms with Crippen molar-refractivity contribution in [2.75, 3.05) is 6.61 Å². The van der Waals surface area contributed by atoms with Crippen LogP contribution in [0.15, 0.2) is 0 Å². The van der Waals surface area contributed by atoms with Gasteiger partial charge in [0.05, 0.1) is 0 Å². The molecule has 2 fully saturated rings. The molecule has 1 amide bonds. The van der Waals surface area contributed by atoms with Crippen LogP contribution in [0.5, 0.6) is 0 Å². The van der Waals surface area contributed by atoms with Crippen LogP contribution in [-0.2, 0) is 14.4 Å². The van der Waals surface area contributed by atoms with Crippen molar-refractivity contribution in [2.45, 2.75) is 64.1 Å². The van der Waals surface area contributed by atoms with Crippen molar-refractivity contribution < 1.29 is 14.4 Å². The Balaban J connectivity index is 1.59. The molecular formula is C13H23NO3. The quantitative estimate of drug-likeness (QED) is 0.769. The molecule has 1 aliphatic carbocycles. The van der Waals surface area contributed by atoms with Crippen molar-refractivity contribution in [3.8, 4) is 0 Å². The molecule has 1 unspecified atom stereocenters. The molecule has 0 radical (unpaired) electrons. The lowest BCUT2D eigenvalue weighted by molar-refractivity contribution is -0.200. The van der Waals surface area contributed by atoms with Crippen LogP contribution in [0.2, 0.25) is 0 Å². The average Bonchev–Trinajstić information content (AvgIpc) is 2.39. The molecule has 1 saturated heterocycles. The van der Waals surface area contributed by atoms with Crippen molar-refractivity contribution in [3.05, 3.63) is 0 Å². The highest BCUT2D eigenvalue weighted by Crippen LogP contribution is 2.26. The Kier molecular flexibility index (Phi) is 5.26. The molecule has 4 heteroatoms. The third-order valence-electron chi connectivity index (χ3n) is 3.64. The maximum Gasteiger partial charge on any atom is 0.243 e. The van der Waals surface area contributed by atoms with Gasteiger partial charge >= 0.3 is 0 Å². The average molecular weight is 241 g/mol. The van der Waals surface area contributed by atoms with Gasteiger partial charge in [-0.2, -0.15) is 0 Å². The lowest BCUT2D eigenvalue weighted by Crippen LogP contribution is -2.34. The second kappa shape index (κ2) is 6.97. The van der Waals surface area contributed by atoms with Crippen LogP contribution < -0.4 is 5.48 Å². The maximum atomic E-state index is 11.7. The summed E-state index contributed by atoms with van der Waals surface area (Å²) in [5.74, 6) is 0.561. The van der Waals surface area contributed by atoms with E-state index in [-0.39, 0.29) is 12.2 Å². The van der Waals surface area contributed by atoms with E-state index in [2.05, 4.69) is 5.48 Å². The van der Waals surface area contributed by atoms with Gasteiger partial charge in [-0.25, -0.2) is 10.3 Å². The molecule has 0 bridgehead atoms. The van der Waals surface area contributed by atoms with Crippen LogP contribution in [0.4, 0.5) is 0 Å². The summed E-state index contributed by atoms with van der Waals surface area (Å²) in [5.41, 5.74) is 2.54. The van der Waals surface area contributed by atoms with Gasteiger partial charge in [-0.3, -0.25) is 4.79 Å². The van der Waals surface area contributed by atoms with Gasteiger partial charge < -0.3 is 4.74 Å². The molecular weight excluding hydrogens is 218 g/mol. The van der Waals surface area contributed by atoms with Crippen molar-refractivity contribution in [3.63, 3.8) is 0 Å². The number of nitrogens with one attached hydrogen (secondary N) is 1. The van der Waals surface area contributed by atoms with Gasteiger partial charge in [0.15, 0.2) is 6.29 Å². The summed E-state index contributed by atoms with van der Waals surface area (Å²) in [5, 5.41) is 0. The minimum absolute atomic E-state index is 0.00562. The van der Waals surface area contributed by atoms with E-state index in [0.717, 1.165) is 25.9 Å². The van der Waals surface area contributed by atoms with Crippen molar-refractivity contribution in [2.24, 2.45) is 5.92 Å². The predicted molar refractivity (Wildman–Crippen MR) is 64.0 cm³/mol.